The molecule has 0 bridgehead atoms. The van der Waals surface area contributed by atoms with Crippen molar-refractivity contribution in [2.24, 2.45) is 29.6 Å². The van der Waals surface area contributed by atoms with Crippen molar-refractivity contribution in [3.8, 4) is 89.9 Å². The Balaban J connectivity index is 0.000000148. The van der Waals surface area contributed by atoms with E-state index >= 15 is 0 Å². The first-order valence-corrected chi connectivity index (χ1v) is 63.1. The zero-order valence-electron chi connectivity index (χ0n) is 89.3. The predicted molar refractivity (Wildman–Crippen MR) is 608 cm³/mol. The molecule has 147 heavy (non-hydrogen) atoms. The van der Waals surface area contributed by atoms with Crippen molar-refractivity contribution in [2.45, 2.75) is 249 Å². The molecule has 18 heteroatoms. The van der Waals surface area contributed by atoms with Gasteiger partial charge in [0.2, 0.25) is 5.71 Å². The van der Waals surface area contributed by atoms with Crippen LogP contribution < -0.4 is 15.6 Å². The summed E-state index contributed by atoms with van der Waals surface area (Å²) in [6.07, 6.45) is 38.5. The van der Waals surface area contributed by atoms with Crippen molar-refractivity contribution >= 4 is 84.1 Å². The molecule has 3 radical (unpaired) electrons. The number of hydrogen-bond donors (Lipinski definition) is 0. The van der Waals surface area contributed by atoms with Crippen LogP contribution in [0.4, 0.5) is 0 Å². The van der Waals surface area contributed by atoms with Gasteiger partial charge in [-0.15, -0.1) is 148 Å². The summed E-state index contributed by atoms with van der Waals surface area (Å²) in [7, 11) is -4.02. The van der Waals surface area contributed by atoms with Gasteiger partial charge in [-0.1, -0.05) is 327 Å². The van der Waals surface area contributed by atoms with E-state index in [4.69, 9.17) is 18.8 Å². The molecule has 12 heterocycles. The van der Waals surface area contributed by atoms with Gasteiger partial charge in [0.1, 0.15) is 5.58 Å². The van der Waals surface area contributed by atoms with Crippen LogP contribution in [0, 0.1) is 73.0 Å². The van der Waals surface area contributed by atoms with Crippen LogP contribution in [-0.2, 0) is 92.4 Å². The van der Waals surface area contributed by atoms with E-state index in [0.717, 1.165) is 180 Å². The quantitative estimate of drug-likeness (QED) is 0.0442. The molecule has 18 aromatic rings. The van der Waals surface area contributed by atoms with Crippen molar-refractivity contribution in [1.82, 2.24) is 49.8 Å². The second-order valence-corrected chi connectivity index (χ2v) is 59.1. The Bertz CT molecular complexity index is 7070. The molecule has 3 aliphatic carbocycles. The van der Waals surface area contributed by atoms with E-state index < -0.39 is 24.2 Å². The van der Waals surface area contributed by atoms with Crippen LogP contribution in [0.1, 0.15) is 202 Å². The summed E-state index contributed by atoms with van der Waals surface area (Å²) in [5.74, 6) is 4.76. The van der Waals surface area contributed by atoms with Crippen LogP contribution in [0.25, 0.3) is 134 Å². The number of aryl methyl sites for hydroxylation is 1. The first kappa shape index (κ1) is 113. The molecule has 1 atom stereocenters. The van der Waals surface area contributed by atoms with Crippen LogP contribution in [0.3, 0.4) is 0 Å². The van der Waals surface area contributed by atoms with Crippen LogP contribution in [0.5, 0.6) is 0 Å². The molecule has 12 aromatic heterocycles. The number of fused-ring (bicyclic) bond motifs is 9. The number of benzene rings is 6. The Morgan fingerprint density at radius 1 is 0.395 bits per heavy atom. The van der Waals surface area contributed by atoms with Gasteiger partial charge in [0, 0.05) is 136 Å². The van der Waals surface area contributed by atoms with Gasteiger partial charge in [-0.3, -0.25) is 4.98 Å². The fraction of sp³-hybridized carbons (Fsp3) is 0.333. The zero-order chi connectivity index (χ0) is 101. The topological polar surface area (TPSA) is 155 Å². The monoisotopic (exact) mass is 2530 g/mol. The predicted octanol–water partition coefficient (Wildman–Crippen LogP) is 32.2. The average molecular weight is 2530 g/mol. The van der Waals surface area contributed by atoms with E-state index in [1.807, 2.05) is 135 Å². The Kier molecular flexibility index (Phi) is 40.4. The van der Waals surface area contributed by atoms with Crippen molar-refractivity contribution < 1.29 is 69.2 Å². The molecule has 2 saturated carbocycles. The fourth-order valence-electron chi connectivity index (χ4n) is 20.6. The Morgan fingerprint density at radius 2 is 0.898 bits per heavy atom. The van der Waals surface area contributed by atoms with E-state index in [9.17, 15) is 0 Å². The SMILES string of the molecule is CC(C)Cc1cc(-c2[c-]cccc2)ncc1[Si](C)(C)C.CC(C)Cc1cc(-c2[c-]cccc2)ncc1[Si](C)(C)C.CC(C)Cc1cc(-c2[c-]cccc2)ncc1[Si](C)(C)C.CC(c1ccnc(-c2[c-]cc3c(c2)Cc2nc(-c4ccccc4)ccc2-3)c1)C1CCCCC1.CCC(CC)c1ccnc(-c2[c-]c3oc4nc(C)ccc4c3nc2)c1.[Ir].[Ir].[Ir].[c-]1nc2c(cc1-c1cc(CC3CCCCC3)ccn1)oc1ccccc12. The molecule has 12 nitrogen and oxygen atoms in total. The minimum atomic E-state index is -1.34. The van der Waals surface area contributed by atoms with Crippen molar-refractivity contribution in [3.05, 3.63) is 355 Å². The maximum absolute atomic E-state index is 5.96. The fourth-order valence-corrected chi connectivity index (χ4v) is 25.3. The van der Waals surface area contributed by atoms with Gasteiger partial charge in [-0.2, -0.15) is 0 Å². The first-order chi connectivity index (χ1) is 69.4. The maximum Gasteiger partial charge on any atom is 0.217 e. The van der Waals surface area contributed by atoms with Gasteiger partial charge in [-0.05, 0) is 204 Å². The van der Waals surface area contributed by atoms with Crippen molar-refractivity contribution in [2.75, 3.05) is 0 Å². The molecule has 1 unspecified atom stereocenters. The number of hydrogen-bond acceptors (Lipinski definition) is 12. The van der Waals surface area contributed by atoms with Crippen LogP contribution >= 0.6 is 0 Å². The van der Waals surface area contributed by atoms with E-state index in [1.54, 1.807) is 0 Å². The second kappa shape index (κ2) is 52.5. The summed E-state index contributed by atoms with van der Waals surface area (Å²) in [6, 6.07) is 93.9. The summed E-state index contributed by atoms with van der Waals surface area (Å²) in [5, 5.41) is 6.43. The Labute approximate surface area is 918 Å². The smallest absolute Gasteiger partial charge is 0.217 e. The van der Waals surface area contributed by atoms with E-state index in [2.05, 4.69) is 338 Å². The average Bonchev–Trinajstić information content (AvgIpc) is 1.61. The minimum Gasteiger partial charge on any atom is -0.475 e. The standard InChI is InChI=1S/C31H29N2.C23H21N2O.C21H20N3O.3C18H24NSi.3Ir/c1-21(22-8-4-2-5-9-22)24-16-17-32-30(19-24)25-12-13-27-26(18-25)20-31-28(27)14-15-29(33-31)23-10-6-3-7-11-23;1-2-6-16(7-3-1)12-17-10-11-24-20(13-17)18-14-22-23(25-15-18)19-8-4-5-9-21(19)26-22;1-4-14(5-2)15-8-9-22-18(10-15)16-11-19-20(23-12-16)17-7-6-13(3)24-21(17)25-19;3*1-14(2)11-16-12-17(15-9-7-6-8-10-15)19-13-18(16)20(3,4)5;;;/h3,6-7,10-11,13-19,21-22H,2,4-5,8-9,20H2,1H3;4-5,8-11,13-14,16H,1-3,6-7,12H2;6-10,12,14H,4-5H2,1-3H3;3*6-9,12-14H,11H2,1-5H3;;;/q6*-1;;;. The van der Waals surface area contributed by atoms with Crippen LogP contribution in [-0.4, -0.2) is 74.1 Å². The zero-order valence-corrected chi connectivity index (χ0v) is 99.4. The third kappa shape index (κ3) is 29.6. The number of aromatic nitrogens is 10. The van der Waals surface area contributed by atoms with Gasteiger partial charge < -0.3 is 48.7 Å². The normalized spacial score (nSPS) is 13.3. The molecule has 3 aliphatic rings. The number of rotatable bonds is 23. The minimum absolute atomic E-state index is 0. The van der Waals surface area contributed by atoms with Gasteiger partial charge in [0.15, 0.2) is 0 Å². The number of pyridine rings is 10. The molecule has 0 saturated heterocycles. The van der Waals surface area contributed by atoms with E-state index in [0.29, 0.717) is 40.9 Å². The van der Waals surface area contributed by atoms with Gasteiger partial charge in [-0.25, -0.2) is 4.98 Å². The number of nitrogens with zero attached hydrogens (tertiary/aromatic N) is 10. The third-order valence-electron chi connectivity index (χ3n) is 28.2. The molecule has 0 N–H and O–H groups in total. The van der Waals surface area contributed by atoms with Crippen molar-refractivity contribution in [3.63, 3.8) is 0 Å². The summed E-state index contributed by atoms with van der Waals surface area (Å²) < 4.78 is 11.8. The molecule has 6 aromatic carbocycles. The van der Waals surface area contributed by atoms with Gasteiger partial charge in [0.25, 0.3) is 0 Å². The number of furan rings is 2. The van der Waals surface area contributed by atoms with Gasteiger partial charge in [0.05, 0.1) is 41.1 Å². The van der Waals surface area contributed by atoms with E-state index in [1.165, 1.54) is 130 Å². The molecule has 765 valence electrons. The second-order valence-electron chi connectivity index (χ2n) is 44.0. The molecular formula is C129H142Ir3N10O2Si3-6. The molecule has 0 aliphatic heterocycles. The van der Waals surface area contributed by atoms with Gasteiger partial charge >= 0.3 is 0 Å². The summed E-state index contributed by atoms with van der Waals surface area (Å²) in [4.78, 5) is 46.4. The van der Waals surface area contributed by atoms with E-state index in [-0.39, 0.29) is 60.3 Å². The summed E-state index contributed by atoms with van der Waals surface area (Å²) in [5.41, 5.74) is 33.2. The molecule has 21 rings (SSSR count). The summed E-state index contributed by atoms with van der Waals surface area (Å²) in [6.45, 7) is 44.0. The first-order valence-electron chi connectivity index (χ1n) is 52.6. The van der Waals surface area contributed by atoms with Crippen molar-refractivity contribution in [1.29, 1.82) is 0 Å². The molecular weight excluding hydrogens is 2380 g/mol. The summed E-state index contributed by atoms with van der Waals surface area (Å²) >= 11 is 0. The molecule has 0 spiro atoms. The Morgan fingerprint density at radius 3 is 1.44 bits per heavy atom. The largest absolute Gasteiger partial charge is 0.475 e. The van der Waals surface area contributed by atoms with Crippen LogP contribution in [0.15, 0.2) is 277 Å². The molecule has 2 fully saturated rings. The third-order valence-corrected chi connectivity index (χ3v) is 34.4. The number of para-hydroxylation sites is 1. The Hall–Kier alpha value is -11.0. The molecule has 0 amide bonds. The maximum atomic E-state index is 5.96. The van der Waals surface area contributed by atoms with Crippen LogP contribution in [0.2, 0.25) is 58.9 Å².